The Balaban J connectivity index is 1.63. The Morgan fingerprint density at radius 1 is 1.15 bits per heavy atom. The normalized spacial score (nSPS) is 15.4. The van der Waals surface area contributed by atoms with Crippen molar-refractivity contribution in [2.45, 2.75) is 31.1 Å². The van der Waals surface area contributed by atoms with E-state index in [0.717, 1.165) is 42.6 Å². The van der Waals surface area contributed by atoms with E-state index in [1.165, 1.54) is 6.39 Å². The number of benzene rings is 2. The number of aromatic nitrogens is 2. The second-order valence-electron chi connectivity index (χ2n) is 6.80. The Morgan fingerprint density at radius 2 is 1.96 bits per heavy atom. The SMILES string of the molecule is COc1cccc(C2(C(=O)Nc3cccc(-c4nnco4)c3)CCCC2)c1. The van der Waals surface area contributed by atoms with Gasteiger partial charge < -0.3 is 14.5 Å². The van der Waals surface area contributed by atoms with Crippen LogP contribution in [0.5, 0.6) is 5.75 Å². The third-order valence-electron chi connectivity index (χ3n) is 5.24. The standard InChI is InChI=1S/C21H21N3O3/c1-26-18-9-5-7-16(13-18)21(10-2-3-11-21)20(25)23-17-8-4-6-15(12-17)19-24-22-14-27-19/h4-9,12-14H,2-3,10-11H2,1H3,(H,23,25). The van der Waals surface area contributed by atoms with Gasteiger partial charge in [0, 0.05) is 11.3 Å². The molecule has 0 aliphatic heterocycles. The van der Waals surface area contributed by atoms with Crippen LogP contribution in [-0.4, -0.2) is 23.2 Å². The molecule has 0 atom stereocenters. The van der Waals surface area contributed by atoms with Crippen molar-refractivity contribution in [3.05, 3.63) is 60.5 Å². The van der Waals surface area contributed by atoms with Crippen LogP contribution < -0.4 is 10.1 Å². The molecule has 1 fully saturated rings. The average Bonchev–Trinajstić information content (AvgIpc) is 3.41. The van der Waals surface area contributed by atoms with Crippen LogP contribution in [0.1, 0.15) is 31.2 Å². The number of rotatable bonds is 5. The summed E-state index contributed by atoms with van der Waals surface area (Å²) in [5.74, 6) is 1.20. The van der Waals surface area contributed by atoms with E-state index in [0.29, 0.717) is 11.6 Å². The summed E-state index contributed by atoms with van der Waals surface area (Å²) in [5.41, 5.74) is 1.96. The number of carbonyl (C=O) groups is 1. The van der Waals surface area contributed by atoms with E-state index in [1.807, 2.05) is 48.5 Å². The fraction of sp³-hybridized carbons (Fsp3) is 0.286. The van der Waals surface area contributed by atoms with Gasteiger partial charge in [0.2, 0.25) is 18.2 Å². The lowest BCUT2D eigenvalue weighted by atomic mass is 9.78. The molecule has 4 rings (SSSR count). The zero-order chi connectivity index (χ0) is 18.7. The maximum Gasteiger partial charge on any atom is 0.247 e. The molecule has 0 radical (unpaired) electrons. The first-order chi connectivity index (χ1) is 13.2. The van der Waals surface area contributed by atoms with Crippen LogP contribution in [0.25, 0.3) is 11.5 Å². The Labute approximate surface area is 157 Å². The van der Waals surface area contributed by atoms with Crippen LogP contribution in [-0.2, 0) is 10.2 Å². The molecule has 3 aromatic rings. The number of ether oxygens (including phenoxy) is 1. The van der Waals surface area contributed by atoms with Crippen molar-refractivity contribution in [2.75, 3.05) is 12.4 Å². The van der Waals surface area contributed by atoms with Crippen molar-refractivity contribution >= 4 is 11.6 Å². The van der Waals surface area contributed by atoms with Crippen LogP contribution in [0.4, 0.5) is 5.69 Å². The summed E-state index contributed by atoms with van der Waals surface area (Å²) in [7, 11) is 1.64. The van der Waals surface area contributed by atoms with Gasteiger partial charge in [-0.2, -0.15) is 0 Å². The van der Waals surface area contributed by atoms with E-state index in [2.05, 4.69) is 15.5 Å². The topological polar surface area (TPSA) is 77.2 Å². The Bertz CT molecular complexity index is 931. The number of hydrogen-bond acceptors (Lipinski definition) is 5. The van der Waals surface area contributed by atoms with Crippen LogP contribution in [0.15, 0.2) is 59.3 Å². The van der Waals surface area contributed by atoms with Gasteiger partial charge in [-0.3, -0.25) is 4.79 Å². The number of anilines is 1. The molecule has 1 saturated carbocycles. The summed E-state index contributed by atoms with van der Waals surface area (Å²) in [6.07, 6.45) is 5.01. The third-order valence-corrected chi connectivity index (χ3v) is 5.24. The Morgan fingerprint density at radius 3 is 2.70 bits per heavy atom. The predicted octanol–water partition coefficient (Wildman–Crippen LogP) is 4.20. The molecule has 0 unspecified atom stereocenters. The maximum atomic E-state index is 13.3. The first-order valence-corrected chi connectivity index (χ1v) is 9.04. The van der Waals surface area contributed by atoms with E-state index in [1.54, 1.807) is 7.11 Å². The lowest BCUT2D eigenvalue weighted by molar-refractivity contribution is -0.121. The van der Waals surface area contributed by atoms with Gasteiger partial charge in [0.1, 0.15) is 5.75 Å². The molecule has 6 heteroatoms. The summed E-state index contributed by atoms with van der Waals surface area (Å²) in [5, 5.41) is 10.7. The molecule has 1 heterocycles. The number of nitrogens with zero attached hydrogens (tertiary/aromatic N) is 2. The molecule has 1 N–H and O–H groups in total. The second kappa shape index (κ2) is 7.23. The van der Waals surface area contributed by atoms with Crippen molar-refractivity contribution in [1.82, 2.24) is 10.2 Å². The van der Waals surface area contributed by atoms with Gasteiger partial charge in [0.15, 0.2) is 0 Å². The van der Waals surface area contributed by atoms with Crippen molar-refractivity contribution in [2.24, 2.45) is 0 Å². The minimum atomic E-state index is -0.533. The largest absolute Gasteiger partial charge is 0.497 e. The van der Waals surface area contributed by atoms with Gasteiger partial charge in [-0.25, -0.2) is 0 Å². The summed E-state index contributed by atoms with van der Waals surface area (Å²) in [6.45, 7) is 0. The quantitative estimate of drug-likeness (QED) is 0.735. The fourth-order valence-electron chi connectivity index (χ4n) is 3.83. The third kappa shape index (κ3) is 3.30. The zero-order valence-corrected chi connectivity index (χ0v) is 15.1. The summed E-state index contributed by atoms with van der Waals surface area (Å²) in [4.78, 5) is 13.3. The molecule has 1 aromatic heterocycles. The van der Waals surface area contributed by atoms with Gasteiger partial charge >= 0.3 is 0 Å². The number of nitrogens with one attached hydrogen (secondary N) is 1. The molecule has 2 aromatic carbocycles. The van der Waals surface area contributed by atoms with Crippen LogP contribution in [0.3, 0.4) is 0 Å². The Kier molecular flexibility index (Phi) is 4.62. The number of hydrogen-bond donors (Lipinski definition) is 1. The molecular weight excluding hydrogens is 342 g/mol. The highest BCUT2D eigenvalue weighted by atomic mass is 16.5. The predicted molar refractivity (Wildman–Crippen MR) is 102 cm³/mol. The van der Waals surface area contributed by atoms with Gasteiger partial charge in [-0.05, 0) is 48.7 Å². The molecule has 27 heavy (non-hydrogen) atoms. The average molecular weight is 363 g/mol. The van der Waals surface area contributed by atoms with E-state index in [-0.39, 0.29) is 5.91 Å². The summed E-state index contributed by atoms with van der Waals surface area (Å²) in [6, 6.07) is 15.3. The molecular formula is C21H21N3O3. The number of carbonyl (C=O) groups excluding carboxylic acids is 1. The highest BCUT2D eigenvalue weighted by molar-refractivity contribution is 5.99. The van der Waals surface area contributed by atoms with Crippen LogP contribution >= 0.6 is 0 Å². The second-order valence-corrected chi connectivity index (χ2v) is 6.80. The van der Waals surface area contributed by atoms with E-state index in [4.69, 9.17) is 9.15 Å². The van der Waals surface area contributed by atoms with Gasteiger partial charge in [0.25, 0.3) is 0 Å². The molecule has 0 bridgehead atoms. The van der Waals surface area contributed by atoms with Crippen LogP contribution in [0, 0.1) is 0 Å². The Hall–Kier alpha value is -3.15. The molecule has 1 aliphatic rings. The molecule has 138 valence electrons. The smallest absolute Gasteiger partial charge is 0.247 e. The summed E-state index contributed by atoms with van der Waals surface area (Å²) < 4.78 is 10.6. The minimum absolute atomic E-state index is 0.0101. The highest BCUT2D eigenvalue weighted by Gasteiger charge is 2.42. The first-order valence-electron chi connectivity index (χ1n) is 9.04. The van der Waals surface area contributed by atoms with Crippen molar-refractivity contribution in [3.63, 3.8) is 0 Å². The number of amides is 1. The van der Waals surface area contributed by atoms with Gasteiger partial charge in [-0.1, -0.05) is 31.0 Å². The number of methoxy groups -OCH3 is 1. The lowest BCUT2D eigenvalue weighted by Gasteiger charge is -2.28. The van der Waals surface area contributed by atoms with Crippen molar-refractivity contribution in [1.29, 1.82) is 0 Å². The monoisotopic (exact) mass is 363 g/mol. The molecule has 0 spiro atoms. The molecule has 1 aliphatic carbocycles. The molecule has 1 amide bonds. The van der Waals surface area contributed by atoms with Gasteiger partial charge in [0.05, 0.1) is 12.5 Å². The van der Waals surface area contributed by atoms with Crippen molar-refractivity contribution in [3.8, 4) is 17.2 Å². The maximum absolute atomic E-state index is 13.3. The first kappa shape index (κ1) is 17.3. The van der Waals surface area contributed by atoms with Gasteiger partial charge in [-0.15, -0.1) is 10.2 Å². The fourth-order valence-corrected chi connectivity index (χ4v) is 3.83. The lowest BCUT2D eigenvalue weighted by Crippen LogP contribution is -2.38. The zero-order valence-electron chi connectivity index (χ0n) is 15.1. The van der Waals surface area contributed by atoms with Crippen LogP contribution in [0.2, 0.25) is 0 Å². The van der Waals surface area contributed by atoms with E-state index < -0.39 is 5.41 Å². The summed E-state index contributed by atoms with van der Waals surface area (Å²) >= 11 is 0. The van der Waals surface area contributed by atoms with Crippen molar-refractivity contribution < 1.29 is 13.9 Å². The van der Waals surface area contributed by atoms with E-state index >= 15 is 0 Å². The van der Waals surface area contributed by atoms with E-state index in [9.17, 15) is 4.79 Å². The highest BCUT2D eigenvalue weighted by Crippen LogP contribution is 2.43. The molecule has 6 nitrogen and oxygen atoms in total. The minimum Gasteiger partial charge on any atom is -0.497 e. The molecule has 0 saturated heterocycles.